The molecular weight excluding hydrogens is 828 g/mol. The number of carbonyl (C=O) groups is 2. The Morgan fingerprint density at radius 3 is 1.30 bits per heavy atom. The number of aromatic amines is 4. The van der Waals surface area contributed by atoms with Crippen LogP contribution in [0.4, 0.5) is 23.3 Å². The van der Waals surface area contributed by atoms with Crippen LogP contribution in [0, 0.1) is 0 Å². The van der Waals surface area contributed by atoms with Crippen molar-refractivity contribution in [1.82, 2.24) is 30.4 Å². The predicted octanol–water partition coefficient (Wildman–Crippen LogP) is 4.72. The van der Waals surface area contributed by atoms with E-state index >= 15 is 0 Å². The number of hydrogen-bond acceptors (Lipinski definition) is 12. The summed E-state index contributed by atoms with van der Waals surface area (Å²) in [5, 5.41) is 16.1. The maximum Gasteiger partial charge on any atom is 0.342 e. The minimum Gasteiger partial charge on any atom is -0.322 e. The highest BCUT2D eigenvalue weighted by molar-refractivity contribution is 8.76. The third-order valence-corrected chi connectivity index (χ3v) is 13.0. The van der Waals surface area contributed by atoms with Gasteiger partial charge in [-0.05, 0) is 48.5 Å². The zero-order valence-electron chi connectivity index (χ0n) is 26.6. The summed E-state index contributed by atoms with van der Waals surface area (Å²) in [4.78, 5) is 52.8. The Morgan fingerprint density at radius 1 is 0.593 bits per heavy atom. The van der Waals surface area contributed by atoms with E-state index in [1.54, 1.807) is 60.7 Å². The van der Waals surface area contributed by atoms with Crippen LogP contribution in [-0.4, -0.2) is 59.0 Å². The van der Waals surface area contributed by atoms with Gasteiger partial charge >= 0.3 is 11.4 Å². The van der Waals surface area contributed by atoms with E-state index in [-0.39, 0.29) is 31.0 Å². The Balaban J connectivity index is 1.40. The molecule has 0 aliphatic rings. The van der Waals surface area contributed by atoms with Crippen molar-refractivity contribution < 1.29 is 26.4 Å². The second kappa shape index (κ2) is 15.8. The number of nitrogens with zero attached hydrogens (tertiary/aromatic N) is 2. The van der Waals surface area contributed by atoms with E-state index in [1.807, 2.05) is 10.2 Å². The fourth-order valence-corrected chi connectivity index (χ4v) is 10.6. The number of benzene rings is 4. The summed E-state index contributed by atoms with van der Waals surface area (Å²) in [5.41, 5.74) is -1.33. The van der Waals surface area contributed by atoms with E-state index in [4.69, 9.17) is 23.2 Å². The molecule has 0 aliphatic heterocycles. The second-order valence-corrected chi connectivity index (χ2v) is 17.0. The molecule has 0 unspecified atom stereocenters. The van der Waals surface area contributed by atoms with Crippen molar-refractivity contribution in [3.05, 3.63) is 127 Å². The molecule has 0 bridgehead atoms. The lowest BCUT2D eigenvalue weighted by molar-refractivity contribution is 0.101. The van der Waals surface area contributed by atoms with Crippen molar-refractivity contribution in [3.63, 3.8) is 0 Å². The molecule has 4 aromatic carbocycles. The predicted molar refractivity (Wildman–Crippen MR) is 203 cm³/mol. The van der Waals surface area contributed by atoms with E-state index in [9.17, 15) is 36.0 Å². The van der Waals surface area contributed by atoms with Gasteiger partial charge in [-0.15, -0.1) is 10.2 Å². The van der Waals surface area contributed by atoms with Gasteiger partial charge in [-0.1, -0.05) is 81.2 Å². The van der Waals surface area contributed by atoms with E-state index < -0.39 is 64.9 Å². The van der Waals surface area contributed by atoms with Crippen LogP contribution in [0.5, 0.6) is 0 Å². The van der Waals surface area contributed by atoms with Gasteiger partial charge in [0, 0.05) is 21.2 Å². The summed E-state index contributed by atoms with van der Waals surface area (Å²) < 4.78 is 59.2. The lowest BCUT2D eigenvalue weighted by Crippen LogP contribution is -2.18. The molecule has 2 heterocycles. The first-order chi connectivity index (χ1) is 25.7. The largest absolute Gasteiger partial charge is 0.342 e. The smallest absolute Gasteiger partial charge is 0.322 e. The second-order valence-electron chi connectivity index (χ2n) is 10.6. The maximum atomic E-state index is 13.7. The Bertz CT molecular complexity index is 2540. The lowest BCUT2D eigenvalue weighted by Gasteiger charge is -2.16. The number of para-hydroxylation sites is 2. The molecule has 2 aromatic heterocycles. The van der Waals surface area contributed by atoms with Crippen LogP contribution < -0.4 is 31.5 Å². The lowest BCUT2D eigenvalue weighted by atomic mass is 10.2. The van der Waals surface area contributed by atoms with Gasteiger partial charge in [-0.2, -0.15) is 0 Å². The maximum absolute atomic E-state index is 13.7. The van der Waals surface area contributed by atoms with E-state index in [1.165, 1.54) is 12.1 Å². The molecule has 0 spiro atoms. The molecule has 6 rings (SSSR count). The number of carbonyl (C=O) groups excluding carboxylic acids is 2. The van der Waals surface area contributed by atoms with Gasteiger partial charge < -0.3 is 10.6 Å². The van der Waals surface area contributed by atoms with Crippen molar-refractivity contribution in [2.45, 2.75) is 19.6 Å². The first-order valence-corrected chi connectivity index (χ1v) is 20.6. The summed E-state index contributed by atoms with van der Waals surface area (Å²) in [6, 6.07) is 20.9. The highest BCUT2D eigenvalue weighted by atomic mass is 35.5. The molecule has 0 aliphatic carbocycles. The van der Waals surface area contributed by atoms with Crippen LogP contribution in [0.1, 0.15) is 20.7 Å². The molecule has 0 atom stereocenters. The fourth-order valence-electron chi connectivity index (χ4n) is 4.50. The first kappa shape index (κ1) is 38.2. The zero-order chi connectivity index (χ0) is 38.6. The van der Waals surface area contributed by atoms with Crippen molar-refractivity contribution in [2.75, 3.05) is 20.1 Å². The number of H-pyrrole nitrogens is 4. The molecule has 6 aromatic rings. The van der Waals surface area contributed by atoms with Crippen LogP contribution in [0.25, 0.3) is 0 Å². The zero-order valence-corrected chi connectivity index (χ0v) is 31.4. The third-order valence-electron chi connectivity index (χ3n) is 6.88. The molecule has 54 heavy (non-hydrogen) atoms. The standard InChI is InChI=1S/C30H22Cl2N10O8S4/c31-19-13-21(23(53(47,48)41-27-35-29(45)39-37-27)11-17(19)25(43)33-15-7-3-1-4-8-15)51-52-22-14-20(32)18(26(44)34-16-9-5-2-6-10-16)12-24(22)54(49,50)42-28-36-30(46)40-38-28/h1-14H,(H,33,43)(H,34,44)(H3,35,37,39,41,45)(H3,36,38,40,42,46). The van der Waals surface area contributed by atoms with Gasteiger partial charge in [0.2, 0.25) is 11.9 Å². The van der Waals surface area contributed by atoms with Gasteiger partial charge in [0.15, 0.2) is 0 Å². The van der Waals surface area contributed by atoms with Gasteiger partial charge in [-0.3, -0.25) is 19.6 Å². The van der Waals surface area contributed by atoms with E-state index in [2.05, 4.69) is 40.2 Å². The highest BCUT2D eigenvalue weighted by Crippen LogP contribution is 2.46. The Hall–Kier alpha value is -5.52. The van der Waals surface area contributed by atoms with Crippen LogP contribution in [0.2, 0.25) is 10.0 Å². The van der Waals surface area contributed by atoms with Crippen molar-refractivity contribution in [2.24, 2.45) is 0 Å². The quantitative estimate of drug-likeness (QED) is 0.0734. The van der Waals surface area contributed by atoms with Crippen molar-refractivity contribution in [3.8, 4) is 0 Å². The Morgan fingerprint density at radius 2 is 0.963 bits per heavy atom. The van der Waals surface area contributed by atoms with Gasteiger partial charge in [0.25, 0.3) is 31.9 Å². The van der Waals surface area contributed by atoms with Gasteiger partial charge in [-0.25, -0.2) is 46.1 Å². The number of rotatable bonds is 13. The van der Waals surface area contributed by atoms with Gasteiger partial charge in [0.05, 0.1) is 21.2 Å². The molecule has 18 nitrogen and oxygen atoms in total. The highest BCUT2D eigenvalue weighted by Gasteiger charge is 2.28. The summed E-state index contributed by atoms with van der Waals surface area (Å²) in [7, 11) is -7.89. The van der Waals surface area contributed by atoms with Crippen LogP contribution in [0.15, 0.2) is 114 Å². The molecule has 8 N–H and O–H groups in total. The first-order valence-electron chi connectivity index (χ1n) is 14.8. The fraction of sp³-hybridized carbons (Fsp3) is 0. The number of hydrogen-bond donors (Lipinski definition) is 8. The Kier molecular flexibility index (Phi) is 11.2. The number of amides is 2. The number of sulfonamides is 2. The van der Waals surface area contributed by atoms with Crippen LogP contribution >= 0.6 is 44.8 Å². The number of aromatic nitrogens is 6. The number of halogens is 2. The summed E-state index contributed by atoms with van der Waals surface area (Å²) in [6.45, 7) is 0. The molecule has 24 heteroatoms. The minimum atomic E-state index is -4.64. The molecule has 0 saturated carbocycles. The van der Waals surface area contributed by atoms with E-state index in [0.29, 0.717) is 33.0 Å². The number of anilines is 4. The molecule has 0 saturated heterocycles. The SMILES string of the molecule is O=C(Nc1ccccc1)c1cc(S(=O)(=O)Nc2n[nH]c(=O)[nH]2)c(SSc2cc(Cl)c(C(=O)Nc3ccccc3)cc2S(=O)(=O)Nc2n[nH]c(=O)[nH]2)cc1Cl. The topological polar surface area (TPSA) is 274 Å². The number of nitrogens with one attached hydrogen (secondary N) is 8. The molecule has 0 radical (unpaired) electrons. The van der Waals surface area contributed by atoms with Crippen LogP contribution in [-0.2, 0) is 20.0 Å². The summed E-state index contributed by atoms with van der Waals surface area (Å²) in [6.07, 6.45) is 0. The molecule has 278 valence electrons. The Labute approximate surface area is 321 Å². The summed E-state index contributed by atoms with van der Waals surface area (Å²) >= 11 is 13.1. The van der Waals surface area contributed by atoms with Crippen LogP contribution in [0.3, 0.4) is 0 Å². The third kappa shape index (κ3) is 8.98. The average Bonchev–Trinajstić information content (AvgIpc) is 3.73. The monoisotopic (exact) mass is 848 g/mol. The van der Waals surface area contributed by atoms with Crippen molar-refractivity contribution >= 4 is 99.9 Å². The molecule has 2 amide bonds. The van der Waals surface area contributed by atoms with Gasteiger partial charge in [0.1, 0.15) is 9.79 Å². The molecular formula is C30H22Cl2N10O8S4. The normalized spacial score (nSPS) is 11.5. The molecule has 0 fully saturated rings. The average molecular weight is 850 g/mol. The summed E-state index contributed by atoms with van der Waals surface area (Å²) in [5.74, 6) is -2.46. The van der Waals surface area contributed by atoms with Crippen molar-refractivity contribution in [1.29, 1.82) is 0 Å². The van der Waals surface area contributed by atoms with E-state index in [0.717, 1.165) is 12.1 Å². The minimum absolute atomic E-state index is 0.110.